The topological polar surface area (TPSA) is 57.1 Å². The molecule has 30 heavy (non-hydrogen) atoms. The third kappa shape index (κ3) is 3.08. The highest BCUT2D eigenvalue weighted by atomic mass is 16.7. The van der Waals surface area contributed by atoms with E-state index in [4.69, 9.17) is 14.2 Å². The Morgan fingerprint density at radius 2 is 2.10 bits per heavy atom. The molecule has 156 valence electrons. The number of rotatable bonds is 8. The first kappa shape index (κ1) is 19.2. The Hall–Kier alpha value is -2.82. The molecule has 0 radical (unpaired) electrons. The van der Waals surface area contributed by atoms with Crippen LogP contribution in [-0.4, -0.2) is 18.5 Å². The third-order valence-corrected chi connectivity index (χ3v) is 6.44. The minimum absolute atomic E-state index is 0.324. The standard InChI is InChI=1S/C25H27NO4/c1-2-3-4-5-6-7-14-28-24(27)29-21-12-9-11-18-23(21)30-22-13-8-10-17-16-26-20-15-19(20)25(17,18)22/h8-13,16,19H,2-7,14-15H2,1H3. The molecule has 4 aliphatic rings. The van der Waals surface area contributed by atoms with Crippen LogP contribution in [0.4, 0.5) is 4.79 Å². The van der Waals surface area contributed by atoms with Gasteiger partial charge in [-0.3, -0.25) is 4.99 Å². The van der Waals surface area contributed by atoms with Gasteiger partial charge in [-0.15, -0.1) is 0 Å². The Morgan fingerprint density at radius 1 is 1.23 bits per heavy atom. The molecule has 5 nitrogen and oxygen atoms in total. The van der Waals surface area contributed by atoms with Crippen LogP contribution in [0.5, 0.6) is 11.5 Å². The maximum atomic E-state index is 12.3. The number of hydrogen-bond acceptors (Lipinski definition) is 5. The van der Waals surface area contributed by atoms with Gasteiger partial charge in [0.05, 0.1) is 12.0 Å². The summed E-state index contributed by atoms with van der Waals surface area (Å²) in [5.41, 5.74) is 3.05. The zero-order valence-electron chi connectivity index (χ0n) is 17.4. The van der Waals surface area contributed by atoms with Crippen LogP contribution in [0.2, 0.25) is 0 Å². The number of ether oxygens (including phenoxy) is 3. The Kier molecular flexibility index (Phi) is 4.97. The quantitative estimate of drug-likeness (QED) is 0.302. The van der Waals surface area contributed by atoms with E-state index in [1.165, 1.54) is 31.4 Å². The van der Waals surface area contributed by atoms with E-state index in [1.54, 1.807) is 6.07 Å². The van der Waals surface area contributed by atoms with Crippen LogP contribution in [0.1, 0.15) is 57.4 Å². The lowest BCUT2D eigenvalue weighted by Gasteiger charge is -2.33. The summed E-state index contributed by atoms with van der Waals surface area (Å²) < 4.78 is 17.1. The minimum Gasteiger partial charge on any atom is -0.456 e. The summed E-state index contributed by atoms with van der Waals surface area (Å²) in [6.45, 7) is 2.59. The zero-order valence-corrected chi connectivity index (χ0v) is 17.4. The Bertz CT molecular complexity index is 987. The van der Waals surface area contributed by atoms with Gasteiger partial charge in [-0.25, -0.2) is 4.79 Å². The number of carbonyl (C=O) groups is 1. The van der Waals surface area contributed by atoms with E-state index in [0.29, 0.717) is 24.0 Å². The summed E-state index contributed by atoms with van der Waals surface area (Å²) in [7, 11) is 0. The number of hydrogen-bond donors (Lipinski definition) is 0. The van der Waals surface area contributed by atoms with Gasteiger partial charge in [0.2, 0.25) is 0 Å². The summed E-state index contributed by atoms with van der Waals surface area (Å²) in [6, 6.07) is 5.75. The highest BCUT2D eigenvalue weighted by molar-refractivity contribution is 6.06. The molecule has 1 aromatic rings. The predicted octanol–water partition coefficient (Wildman–Crippen LogP) is 6.00. The van der Waals surface area contributed by atoms with Crippen molar-refractivity contribution in [1.82, 2.24) is 0 Å². The van der Waals surface area contributed by atoms with Crippen LogP contribution in [-0.2, 0) is 10.2 Å². The number of allylic oxidation sites excluding steroid dienone is 4. The van der Waals surface area contributed by atoms with Gasteiger partial charge in [-0.1, -0.05) is 63.3 Å². The molecule has 2 heterocycles. The molecule has 2 atom stereocenters. The first-order valence-corrected chi connectivity index (χ1v) is 11.1. The molecule has 2 aliphatic carbocycles. The number of benzene rings is 1. The lowest BCUT2D eigenvalue weighted by molar-refractivity contribution is 0.0963. The summed E-state index contributed by atoms with van der Waals surface area (Å²) in [5.74, 6) is 2.24. The minimum atomic E-state index is -0.673. The Balaban J connectivity index is 1.27. The van der Waals surface area contributed by atoms with Crippen molar-refractivity contribution in [2.24, 2.45) is 10.9 Å². The zero-order chi connectivity index (χ0) is 20.6. The highest BCUT2D eigenvalue weighted by Crippen LogP contribution is 2.64. The van der Waals surface area contributed by atoms with Crippen molar-refractivity contribution in [3.8, 4) is 11.5 Å². The van der Waals surface area contributed by atoms with Gasteiger partial charge in [0.15, 0.2) is 11.5 Å². The van der Waals surface area contributed by atoms with Crippen molar-refractivity contribution in [1.29, 1.82) is 0 Å². The van der Waals surface area contributed by atoms with Gasteiger partial charge in [-0.2, -0.15) is 0 Å². The van der Waals surface area contributed by atoms with Gasteiger partial charge in [-0.05, 0) is 30.6 Å². The van der Waals surface area contributed by atoms with Crippen molar-refractivity contribution in [2.75, 3.05) is 6.61 Å². The van der Waals surface area contributed by atoms with E-state index in [1.807, 2.05) is 24.4 Å². The number of nitrogens with zero attached hydrogens (tertiary/aromatic N) is 1. The van der Waals surface area contributed by atoms with E-state index < -0.39 is 6.16 Å². The molecule has 0 aromatic heterocycles. The van der Waals surface area contributed by atoms with Crippen LogP contribution in [0, 0.1) is 5.92 Å². The SMILES string of the molecule is CCCCCCCCOC(=O)Oc1cccc2c1OC1=CC=CC3=CN=C4CC4C312. The van der Waals surface area contributed by atoms with E-state index in [2.05, 4.69) is 24.1 Å². The number of unbranched alkanes of at least 4 members (excludes halogenated alkanes) is 5. The Labute approximate surface area is 177 Å². The van der Waals surface area contributed by atoms with Crippen molar-refractivity contribution < 1.29 is 19.0 Å². The largest absolute Gasteiger partial charge is 0.513 e. The molecule has 0 bridgehead atoms. The van der Waals surface area contributed by atoms with E-state index in [9.17, 15) is 4.79 Å². The lowest BCUT2D eigenvalue weighted by Crippen LogP contribution is -2.34. The third-order valence-electron chi connectivity index (χ3n) is 6.44. The average Bonchev–Trinajstić information content (AvgIpc) is 3.48. The summed E-state index contributed by atoms with van der Waals surface area (Å²) >= 11 is 0. The molecule has 2 unspecified atom stereocenters. The number of carbonyl (C=O) groups excluding carboxylic acids is 1. The summed E-state index contributed by atoms with van der Waals surface area (Å²) in [5, 5.41) is 0. The number of aliphatic imine (C=N–C) groups is 1. The monoisotopic (exact) mass is 405 g/mol. The second kappa shape index (κ2) is 7.78. The molecule has 5 heteroatoms. The van der Waals surface area contributed by atoms with E-state index in [0.717, 1.165) is 36.2 Å². The molecule has 2 aliphatic heterocycles. The number of para-hydroxylation sites is 1. The van der Waals surface area contributed by atoms with Crippen molar-refractivity contribution >= 4 is 11.9 Å². The van der Waals surface area contributed by atoms with Crippen LogP contribution in [0.25, 0.3) is 0 Å². The maximum Gasteiger partial charge on any atom is 0.513 e. The smallest absolute Gasteiger partial charge is 0.456 e. The predicted molar refractivity (Wildman–Crippen MR) is 115 cm³/mol. The fourth-order valence-corrected chi connectivity index (χ4v) is 4.88. The van der Waals surface area contributed by atoms with Crippen molar-refractivity contribution in [3.05, 3.63) is 59.5 Å². The molecular formula is C25H27NO4. The number of fused-ring (bicyclic) bond motifs is 2. The van der Waals surface area contributed by atoms with Gasteiger partial charge in [0, 0.05) is 23.4 Å². The Morgan fingerprint density at radius 3 is 3.00 bits per heavy atom. The van der Waals surface area contributed by atoms with Gasteiger partial charge >= 0.3 is 6.16 Å². The molecule has 1 fully saturated rings. The van der Waals surface area contributed by atoms with Crippen LogP contribution >= 0.6 is 0 Å². The van der Waals surface area contributed by atoms with E-state index in [-0.39, 0.29) is 5.41 Å². The lowest BCUT2D eigenvalue weighted by atomic mass is 9.67. The van der Waals surface area contributed by atoms with Crippen molar-refractivity contribution in [2.45, 2.75) is 57.3 Å². The molecule has 0 saturated heterocycles. The van der Waals surface area contributed by atoms with E-state index >= 15 is 0 Å². The first-order valence-electron chi connectivity index (χ1n) is 11.1. The average molecular weight is 405 g/mol. The van der Waals surface area contributed by atoms with Gasteiger partial charge in [0.1, 0.15) is 5.76 Å². The molecule has 1 saturated carbocycles. The van der Waals surface area contributed by atoms with Crippen LogP contribution in [0.3, 0.4) is 0 Å². The van der Waals surface area contributed by atoms with Crippen molar-refractivity contribution in [3.63, 3.8) is 0 Å². The molecule has 1 aromatic carbocycles. The summed E-state index contributed by atoms with van der Waals surface area (Å²) in [6.07, 6.45) is 15.2. The highest BCUT2D eigenvalue weighted by Gasteiger charge is 2.62. The normalized spacial score (nSPS) is 24.3. The first-order chi connectivity index (χ1) is 14.7. The molecule has 5 rings (SSSR count). The molecule has 0 N–H and O–H groups in total. The second-order valence-corrected chi connectivity index (χ2v) is 8.36. The van der Waals surface area contributed by atoms with Crippen LogP contribution < -0.4 is 9.47 Å². The van der Waals surface area contributed by atoms with Gasteiger partial charge < -0.3 is 14.2 Å². The fourth-order valence-electron chi connectivity index (χ4n) is 4.88. The maximum absolute atomic E-state index is 12.3. The fraction of sp³-hybridized carbons (Fsp3) is 0.440. The molecular weight excluding hydrogens is 378 g/mol. The summed E-state index contributed by atoms with van der Waals surface area (Å²) in [4.78, 5) is 16.8. The van der Waals surface area contributed by atoms with Crippen LogP contribution in [0.15, 0.2) is 59.0 Å². The van der Waals surface area contributed by atoms with Gasteiger partial charge in [0.25, 0.3) is 0 Å². The molecule has 1 spiro atoms. The molecule has 0 amide bonds. The second-order valence-electron chi connectivity index (χ2n) is 8.36.